The molecule has 1 aromatic rings. The van der Waals surface area contributed by atoms with Crippen LogP contribution in [0.15, 0.2) is 54.4 Å². The van der Waals surface area contributed by atoms with Gasteiger partial charge in [-0.25, -0.2) is 0 Å². The van der Waals surface area contributed by atoms with Crippen molar-refractivity contribution >= 4 is 29.6 Å². The monoisotopic (exact) mass is 486 g/mol. The maximum absolute atomic E-state index is 13.0. The van der Waals surface area contributed by atoms with E-state index in [1.165, 1.54) is 44.1 Å². The number of carbonyl (C=O) groups excluding carboxylic acids is 5. The molecule has 35 heavy (non-hydrogen) atoms. The van der Waals surface area contributed by atoms with Crippen LogP contribution in [0.2, 0.25) is 0 Å². The van der Waals surface area contributed by atoms with Gasteiger partial charge in [-0.05, 0) is 0 Å². The van der Waals surface area contributed by atoms with Gasteiger partial charge < -0.3 is 29.6 Å². The van der Waals surface area contributed by atoms with Crippen LogP contribution in [0.5, 0.6) is 0 Å². The highest BCUT2D eigenvalue weighted by molar-refractivity contribution is 6.07. The molecule has 1 amide bonds. The number of ether oxygens (including phenoxy) is 4. The van der Waals surface area contributed by atoms with Crippen LogP contribution >= 0.6 is 0 Å². The van der Waals surface area contributed by atoms with Crippen LogP contribution < -0.4 is 5.73 Å². The lowest BCUT2D eigenvalue weighted by molar-refractivity contribution is -0.166. The summed E-state index contributed by atoms with van der Waals surface area (Å²) < 4.78 is 21.7. The number of esters is 3. The Hall–Kier alpha value is -3.99. The van der Waals surface area contributed by atoms with Gasteiger partial charge in [0.2, 0.25) is 5.91 Å². The Morgan fingerprint density at radius 2 is 1.57 bits per heavy atom. The fraction of sp³-hybridized carbons (Fsp3) is 0.375. The van der Waals surface area contributed by atoms with Gasteiger partial charge in [-0.2, -0.15) is 0 Å². The fourth-order valence-corrected chi connectivity index (χ4v) is 3.89. The topological polar surface area (TPSA) is 152 Å². The van der Waals surface area contributed by atoms with Crippen LogP contribution in [-0.4, -0.2) is 65.6 Å². The zero-order valence-corrected chi connectivity index (χ0v) is 19.4. The molecule has 2 N–H and O–H groups in total. The molecule has 1 fully saturated rings. The number of benzene rings is 1. The fourth-order valence-electron chi connectivity index (χ4n) is 3.89. The Morgan fingerprint density at radius 3 is 2.14 bits per heavy atom. The molecule has 1 unspecified atom stereocenters. The van der Waals surface area contributed by atoms with Crippen LogP contribution in [0.1, 0.15) is 31.1 Å². The minimum atomic E-state index is -1.15. The molecule has 2 aliphatic heterocycles. The summed E-state index contributed by atoms with van der Waals surface area (Å²) in [6, 6.07) is 8.42. The Labute approximate surface area is 201 Å². The molecular weight excluding hydrogens is 460 g/mol. The highest BCUT2D eigenvalue weighted by Gasteiger charge is 2.52. The minimum Gasteiger partial charge on any atom is -0.463 e. The smallest absolute Gasteiger partial charge is 0.303 e. The van der Waals surface area contributed by atoms with Crippen LogP contribution in [0.4, 0.5) is 0 Å². The van der Waals surface area contributed by atoms with Gasteiger partial charge in [-0.3, -0.25) is 24.0 Å². The molecular formula is C24H26N2O9. The Morgan fingerprint density at radius 1 is 0.943 bits per heavy atom. The van der Waals surface area contributed by atoms with Gasteiger partial charge in [0, 0.05) is 44.3 Å². The number of Topliss-reactive ketones (excluding diaryl/α,β-unsaturated/α-hetero) is 1. The van der Waals surface area contributed by atoms with Gasteiger partial charge in [0.05, 0.1) is 5.92 Å². The number of primary amides is 1. The summed E-state index contributed by atoms with van der Waals surface area (Å²) in [5.41, 5.74) is 5.96. The first-order valence-corrected chi connectivity index (χ1v) is 10.8. The first kappa shape index (κ1) is 25.6. The van der Waals surface area contributed by atoms with Gasteiger partial charge in [0.1, 0.15) is 12.7 Å². The molecule has 0 spiro atoms. The largest absolute Gasteiger partial charge is 0.463 e. The maximum atomic E-state index is 13.0. The zero-order chi connectivity index (χ0) is 25.7. The van der Waals surface area contributed by atoms with Crippen LogP contribution in [-0.2, 0) is 38.1 Å². The van der Waals surface area contributed by atoms with E-state index in [1.54, 1.807) is 30.3 Å². The molecule has 0 aliphatic carbocycles. The van der Waals surface area contributed by atoms with Gasteiger partial charge >= 0.3 is 17.9 Å². The van der Waals surface area contributed by atoms with Gasteiger partial charge in [0.25, 0.3) is 0 Å². The standard InChI is InChI=1S/C24H26N2O9/c1-13(27)32-12-19-21(33-14(2)28)22(34-15(3)29)24(35-19)26-10-9-17(18(11-26)23(25)31)20(30)16-7-5-4-6-8-16/h4-11,17,19,21-22,24H,12H2,1-3H3,(H2,25,31)/t17?,19-,21-,22-,24-/m1/s1. The quantitative estimate of drug-likeness (QED) is 0.318. The number of nitrogens with zero attached hydrogens (tertiary/aromatic N) is 1. The van der Waals surface area contributed by atoms with E-state index in [0.717, 1.165) is 0 Å². The number of allylic oxidation sites excluding steroid dienone is 1. The Kier molecular flexibility index (Phi) is 8.02. The number of hydrogen-bond acceptors (Lipinski definition) is 10. The molecule has 1 saturated heterocycles. The van der Waals surface area contributed by atoms with E-state index >= 15 is 0 Å². The summed E-state index contributed by atoms with van der Waals surface area (Å²) in [5, 5.41) is 0. The van der Waals surface area contributed by atoms with Crippen molar-refractivity contribution in [2.24, 2.45) is 11.7 Å². The molecule has 0 saturated carbocycles. The average molecular weight is 486 g/mol. The van der Waals surface area contributed by atoms with Crippen molar-refractivity contribution in [3.8, 4) is 0 Å². The number of amides is 1. The minimum absolute atomic E-state index is 0.0148. The van der Waals surface area contributed by atoms with Gasteiger partial charge in [0.15, 0.2) is 24.2 Å². The van der Waals surface area contributed by atoms with Crippen molar-refractivity contribution in [2.75, 3.05) is 6.61 Å². The molecule has 2 heterocycles. The van der Waals surface area contributed by atoms with E-state index in [-0.39, 0.29) is 18.0 Å². The molecule has 11 heteroatoms. The molecule has 186 valence electrons. The van der Waals surface area contributed by atoms with Crippen molar-refractivity contribution in [3.05, 3.63) is 59.9 Å². The molecule has 1 aromatic carbocycles. The van der Waals surface area contributed by atoms with Crippen molar-refractivity contribution in [2.45, 2.75) is 45.3 Å². The second kappa shape index (κ2) is 11.0. The molecule has 5 atom stereocenters. The summed E-state index contributed by atoms with van der Waals surface area (Å²) in [5.74, 6) is -4.03. The van der Waals surface area contributed by atoms with E-state index in [2.05, 4.69) is 0 Å². The lowest BCUT2D eigenvalue weighted by Gasteiger charge is -2.32. The molecule has 0 aromatic heterocycles. The number of nitrogens with two attached hydrogens (primary N) is 1. The van der Waals surface area contributed by atoms with Crippen LogP contribution in [0.3, 0.4) is 0 Å². The van der Waals surface area contributed by atoms with E-state index in [4.69, 9.17) is 24.7 Å². The lowest BCUT2D eigenvalue weighted by atomic mass is 9.88. The molecule has 3 rings (SSSR count). The lowest BCUT2D eigenvalue weighted by Crippen LogP contribution is -2.45. The van der Waals surface area contributed by atoms with Gasteiger partial charge in [-0.1, -0.05) is 36.4 Å². The summed E-state index contributed by atoms with van der Waals surface area (Å²) in [6.45, 7) is 3.27. The predicted molar refractivity (Wildman–Crippen MR) is 119 cm³/mol. The molecule has 0 radical (unpaired) electrons. The van der Waals surface area contributed by atoms with Gasteiger partial charge in [-0.15, -0.1) is 0 Å². The predicted octanol–water partition coefficient (Wildman–Crippen LogP) is 0.835. The molecule has 11 nitrogen and oxygen atoms in total. The van der Waals surface area contributed by atoms with Crippen molar-refractivity contribution in [1.82, 2.24) is 4.90 Å². The first-order chi connectivity index (χ1) is 16.6. The van der Waals surface area contributed by atoms with E-state index in [0.29, 0.717) is 5.56 Å². The number of ketones is 1. The van der Waals surface area contributed by atoms with Crippen LogP contribution in [0.25, 0.3) is 0 Å². The third-order valence-corrected chi connectivity index (χ3v) is 5.33. The number of rotatable bonds is 8. The third-order valence-electron chi connectivity index (χ3n) is 5.33. The van der Waals surface area contributed by atoms with E-state index in [1.807, 2.05) is 0 Å². The molecule has 2 aliphatic rings. The Bertz CT molecular complexity index is 1070. The summed E-state index contributed by atoms with van der Waals surface area (Å²) in [6.07, 6.45) is -0.0193. The number of carbonyl (C=O) groups is 5. The van der Waals surface area contributed by atoms with E-state index < -0.39 is 54.3 Å². The number of hydrogen-bond donors (Lipinski definition) is 1. The van der Waals surface area contributed by atoms with E-state index in [9.17, 15) is 24.0 Å². The van der Waals surface area contributed by atoms with Crippen molar-refractivity contribution in [3.63, 3.8) is 0 Å². The normalized spacial score (nSPS) is 25.4. The second-order valence-corrected chi connectivity index (χ2v) is 7.96. The maximum Gasteiger partial charge on any atom is 0.303 e. The third kappa shape index (κ3) is 6.12. The van der Waals surface area contributed by atoms with Crippen LogP contribution in [0, 0.1) is 5.92 Å². The van der Waals surface area contributed by atoms with Crippen molar-refractivity contribution in [1.29, 1.82) is 0 Å². The first-order valence-electron chi connectivity index (χ1n) is 10.8. The van der Waals surface area contributed by atoms with Crippen molar-refractivity contribution < 1.29 is 42.9 Å². The summed E-state index contributed by atoms with van der Waals surface area (Å²) in [7, 11) is 0. The summed E-state index contributed by atoms with van der Waals surface area (Å²) >= 11 is 0. The highest BCUT2D eigenvalue weighted by Crippen LogP contribution is 2.33. The average Bonchev–Trinajstić information content (AvgIpc) is 3.13. The Balaban J connectivity index is 1.93. The highest BCUT2D eigenvalue weighted by atomic mass is 16.7. The molecule has 0 bridgehead atoms. The second-order valence-electron chi connectivity index (χ2n) is 7.96. The SMILES string of the molecule is CC(=O)OC[C@H]1O[C@@H](N2C=CC(C(=O)c3ccccc3)C(C(N)=O)=C2)[C@H](OC(C)=O)[C@@H]1OC(C)=O. The zero-order valence-electron chi connectivity index (χ0n) is 19.4. The summed E-state index contributed by atoms with van der Waals surface area (Å²) in [4.78, 5) is 61.5.